The van der Waals surface area contributed by atoms with E-state index in [1.807, 2.05) is 66.4 Å². The predicted octanol–water partition coefficient (Wildman–Crippen LogP) is 6.39. The molecule has 5 heteroatoms. The molecule has 1 unspecified atom stereocenters. The lowest BCUT2D eigenvalue weighted by atomic mass is 9.86. The van der Waals surface area contributed by atoms with E-state index in [9.17, 15) is 4.79 Å². The maximum Gasteiger partial charge on any atom is 0.257 e. The number of amides is 1. The van der Waals surface area contributed by atoms with E-state index in [0.717, 1.165) is 42.9 Å². The molecule has 0 aliphatic carbocycles. The molecule has 0 bridgehead atoms. The summed E-state index contributed by atoms with van der Waals surface area (Å²) in [4.78, 5) is 23.0. The molecular formula is C29H39N3O2. The number of oxime groups is 1. The van der Waals surface area contributed by atoms with Crippen molar-refractivity contribution < 1.29 is 9.63 Å². The molecule has 182 valence electrons. The van der Waals surface area contributed by atoms with Gasteiger partial charge in [-0.15, -0.1) is 0 Å². The highest BCUT2D eigenvalue weighted by molar-refractivity contribution is 6.18. The summed E-state index contributed by atoms with van der Waals surface area (Å²) in [5.74, 6) is 0.0112. The molecule has 1 heterocycles. The van der Waals surface area contributed by atoms with Gasteiger partial charge in [-0.3, -0.25) is 9.69 Å². The number of allylic oxidation sites excluding steroid dienone is 1. The SMILES string of the molecule is CCCCN(CCCC)CCCON=C(C)/C=C1/C(=O)N(c2ccccc2)C1c1ccccc1. The Morgan fingerprint density at radius 3 is 2.15 bits per heavy atom. The van der Waals surface area contributed by atoms with E-state index in [2.05, 4.69) is 36.0 Å². The number of unbranched alkanes of at least 4 members (excludes halogenated alkanes) is 2. The Bertz CT molecular complexity index is 932. The van der Waals surface area contributed by atoms with Crippen LogP contribution in [0, 0.1) is 0 Å². The quantitative estimate of drug-likeness (QED) is 0.108. The monoisotopic (exact) mass is 461 g/mol. The zero-order chi connectivity index (χ0) is 24.2. The number of nitrogens with zero attached hydrogens (tertiary/aromatic N) is 3. The van der Waals surface area contributed by atoms with E-state index in [-0.39, 0.29) is 11.9 Å². The van der Waals surface area contributed by atoms with E-state index in [1.165, 1.54) is 25.7 Å². The van der Waals surface area contributed by atoms with Crippen LogP contribution in [0.5, 0.6) is 0 Å². The van der Waals surface area contributed by atoms with Crippen molar-refractivity contribution in [1.29, 1.82) is 0 Å². The number of para-hydroxylation sites is 1. The summed E-state index contributed by atoms with van der Waals surface area (Å²) in [6, 6.07) is 19.8. The minimum atomic E-state index is -0.119. The lowest BCUT2D eigenvalue weighted by Gasteiger charge is -2.43. The Kier molecular flexibility index (Phi) is 10.4. The lowest BCUT2D eigenvalue weighted by Crippen LogP contribution is -2.49. The van der Waals surface area contributed by atoms with Gasteiger partial charge < -0.3 is 9.74 Å². The second kappa shape index (κ2) is 13.7. The Balaban J connectivity index is 1.60. The molecule has 1 aliphatic heterocycles. The summed E-state index contributed by atoms with van der Waals surface area (Å²) in [6.45, 7) is 10.3. The van der Waals surface area contributed by atoms with Gasteiger partial charge in [-0.05, 0) is 63.0 Å². The molecule has 2 aromatic rings. The number of anilines is 1. The van der Waals surface area contributed by atoms with Crippen molar-refractivity contribution in [3.8, 4) is 0 Å². The van der Waals surface area contributed by atoms with Gasteiger partial charge in [0.05, 0.1) is 11.8 Å². The Morgan fingerprint density at radius 2 is 1.53 bits per heavy atom. The summed E-state index contributed by atoms with van der Waals surface area (Å²) < 4.78 is 0. The maximum atomic E-state index is 13.1. The highest BCUT2D eigenvalue weighted by Crippen LogP contribution is 2.42. The van der Waals surface area contributed by atoms with Crippen molar-refractivity contribution in [2.75, 3.05) is 31.1 Å². The highest BCUT2D eigenvalue weighted by atomic mass is 16.6. The van der Waals surface area contributed by atoms with Crippen molar-refractivity contribution >= 4 is 17.3 Å². The molecule has 0 radical (unpaired) electrons. The predicted molar refractivity (Wildman–Crippen MR) is 141 cm³/mol. The smallest absolute Gasteiger partial charge is 0.257 e. The van der Waals surface area contributed by atoms with E-state index in [0.29, 0.717) is 12.3 Å². The number of carbonyl (C=O) groups excluding carboxylic acids is 1. The number of benzene rings is 2. The van der Waals surface area contributed by atoms with Crippen LogP contribution in [0.4, 0.5) is 5.69 Å². The maximum absolute atomic E-state index is 13.1. The van der Waals surface area contributed by atoms with E-state index in [1.54, 1.807) is 0 Å². The molecule has 1 atom stereocenters. The van der Waals surface area contributed by atoms with Crippen LogP contribution in [0.2, 0.25) is 0 Å². The second-order valence-electron chi connectivity index (χ2n) is 8.89. The van der Waals surface area contributed by atoms with Gasteiger partial charge in [-0.25, -0.2) is 0 Å². The summed E-state index contributed by atoms with van der Waals surface area (Å²) in [7, 11) is 0. The van der Waals surface area contributed by atoms with Crippen LogP contribution >= 0.6 is 0 Å². The van der Waals surface area contributed by atoms with Crippen LogP contribution < -0.4 is 4.90 Å². The number of carbonyl (C=O) groups is 1. The summed E-state index contributed by atoms with van der Waals surface area (Å²) in [6.07, 6.45) is 7.75. The molecule has 1 amide bonds. The average molecular weight is 462 g/mol. The molecule has 3 rings (SSSR count). The lowest BCUT2D eigenvalue weighted by molar-refractivity contribution is -0.119. The first-order valence-corrected chi connectivity index (χ1v) is 12.7. The first-order chi connectivity index (χ1) is 16.7. The van der Waals surface area contributed by atoms with Crippen molar-refractivity contribution in [2.24, 2.45) is 5.16 Å². The second-order valence-corrected chi connectivity index (χ2v) is 8.89. The summed E-state index contributed by atoms with van der Waals surface area (Å²) in [5, 5.41) is 4.28. The van der Waals surface area contributed by atoms with E-state index < -0.39 is 0 Å². The van der Waals surface area contributed by atoms with Gasteiger partial charge in [0.2, 0.25) is 0 Å². The standard InChI is InChI=1S/C29H39N3O2/c1-4-6-19-31(20-7-5-2)21-14-22-34-30-24(3)23-27-28(25-15-10-8-11-16-25)32(29(27)33)26-17-12-9-13-18-26/h8-13,15-18,23,28H,4-7,14,19-22H2,1-3H3/b27-23+,30-24?. The number of hydrogen-bond donors (Lipinski definition) is 0. The van der Waals surface area contributed by atoms with Gasteiger partial charge in [0, 0.05) is 17.8 Å². The van der Waals surface area contributed by atoms with Gasteiger partial charge >= 0.3 is 0 Å². The van der Waals surface area contributed by atoms with Crippen molar-refractivity contribution in [3.63, 3.8) is 0 Å². The number of rotatable bonds is 14. The Hall–Kier alpha value is -2.92. The molecule has 1 fully saturated rings. The molecule has 34 heavy (non-hydrogen) atoms. The van der Waals surface area contributed by atoms with Gasteiger partial charge in [0.15, 0.2) is 0 Å². The van der Waals surface area contributed by atoms with Gasteiger partial charge in [-0.1, -0.05) is 80.4 Å². The number of β-lactam (4-membered cyclic amide) rings is 1. The fourth-order valence-corrected chi connectivity index (χ4v) is 4.26. The molecule has 2 aromatic carbocycles. The molecule has 0 spiro atoms. The van der Waals surface area contributed by atoms with Crippen molar-refractivity contribution in [1.82, 2.24) is 4.90 Å². The fraction of sp³-hybridized carbons (Fsp3) is 0.448. The molecule has 0 aromatic heterocycles. The normalized spacial score (nSPS) is 17.4. The topological polar surface area (TPSA) is 45.1 Å². The fourth-order valence-electron chi connectivity index (χ4n) is 4.26. The van der Waals surface area contributed by atoms with Crippen LogP contribution in [-0.2, 0) is 9.63 Å². The first-order valence-electron chi connectivity index (χ1n) is 12.7. The highest BCUT2D eigenvalue weighted by Gasteiger charge is 2.43. The minimum Gasteiger partial charge on any atom is -0.396 e. The molecule has 0 N–H and O–H groups in total. The van der Waals surface area contributed by atoms with E-state index >= 15 is 0 Å². The molecule has 1 aliphatic rings. The third-order valence-corrected chi connectivity index (χ3v) is 6.11. The third kappa shape index (κ3) is 7.04. The van der Waals surface area contributed by atoms with Crippen LogP contribution in [0.25, 0.3) is 0 Å². The van der Waals surface area contributed by atoms with Crippen LogP contribution in [0.3, 0.4) is 0 Å². The average Bonchev–Trinajstić information content (AvgIpc) is 2.87. The number of hydrogen-bond acceptors (Lipinski definition) is 4. The first kappa shape index (κ1) is 25.7. The van der Waals surface area contributed by atoms with Gasteiger partial charge in [-0.2, -0.15) is 0 Å². The molecular weight excluding hydrogens is 422 g/mol. The summed E-state index contributed by atoms with van der Waals surface area (Å²) in [5.41, 5.74) is 3.45. The van der Waals surface area contributed by atoms with Gasteiger partial charge in [0.25, 0.3) is 5.91 Å². The zero-order valence-electron chi connectivity index (χ0n) is 21.0. The molecule has 1 saturated heterocycles. The van der Waals surface area contributed by atoms with Crippen molar-refractivity contribution in [2.45, 2.75) is 58.9 Å². The molecule has 5 nitrogen and oxygen atoms in total. The largest absolute Gasteiger partial charge is 0.396 e. The van der Waals surface area contributed by atoms with Crippen LogP contribution in [0.1, 0.15) is 64.5 Å². The Labute approximate surface area is 205 Å². The Morgan fingerprint density at radius 1 is 0.941 bits per heavy atom. The minimum absolute atomic E-state index is 0.0112. The zero-order valence-corrected chi connectivity index (χ0v) is 21.0. The van der Waals surface area contributed by atoms with Crippen LogP contribution in [0.15, 0.2) is 77.5 Å². The summed E-state index contributed by atoms with van der Waals surface area (Å²) >= 11 is 0. The third-order valence-electron chi connectivity index (χ3n) is 6.11. The van der Waals surface area contributed by atoms with Crippen LogP contribution in [-0.4, -0.2) is 42.8 Å². The van der Waals surface area contributed by atoms with E-state index in [4.69, 9.17) is 4.84 Å². The van der Waals surface area contributed by atoms with Gasteiger partial charge in [0.1, 0.15) is 6.61 Å². The van der Waals surface area contributed by atoms with Crippen molar-refractivity contribution in [3.05, 3.63) is 77.9 Å². The molecule has 0 saturated carbocycles.